The molecule has 0 bridgehead atoms. The summed E-state index contributed by atoms with van der Waals surface area (Å²) in [7, 11) is 1.91. The predicted molar refractivity (Wildman–Crippen MR) is 102 cm³/mol. The van der Waals surface area contributed by atoms with E-state index in [1.165, 1.54) is 0 Å². The molecular weight excluding hydrogens is 326 g/mol. The molecule has 3 rings (SSSR count). The zero-order valence-corrected chi connectivity index (χ0v) is 14.9. The number of rotatable bonds is 6. The van der Waals surface area contributed by atoms with Crippen molar-refractivity contribution >= 4 is 11.7 Å². The molecule has 3 aromatic rings. The third-order valence-corrected chi connectivity index (χ3v) is 4.04. The lowest BCUT2D eigenvalue weighted by Crippen LogP contribution is -2.28. The first-order valence-electron chi connectivity index (χ1n) is 8.50. The predicted octanol–water partition coefficient (Wildman–Crippen LogP) is 2.92. The Labute approximate surface area is 153 Å². The van der Waals surface area contributed by atoms with Gasteiger partial charge in [-0.3, -0.25) is 9.78 Å². The molecule has 2 heterocycles. The Morgan fingerprint density at radius 2 is 1.85 bits per heavy atom. The SMILES string of the molecule is CCN(C)c1nc(-c2ccccc2)ncc1C(=O)NCc1ccccn1. The molecule has 2 aromatic heterocycles. The number of amides is 1. The van der Waals surface area contributed by atoms with Gasteiger partial charge in [-0.1, -0.05) is 36.4 Å². The highest BCUT2D eigenvalue weighted by atomic mass is 16.1. The maximum atomic E-state index is 12.7. The summed E-state index contributed by atoms with van der Waals surface area (Å²) >= 11 is 0. The summed E-state index contributed by atoms with van der Waals surface area (Å²) in [6, 6.07) is 15.3. The number of anilines is 1. The van der Waals surface area contributed by atoms with Gasteiger partial charge in [-0.2, -0.15) is 0 Å². The molecule has 26 heavy (non-hydrogen) atoms. The first-order chi connectivity index (χ1) is 12.7. The van der Waals surface area contributed by atoms with Crippen LogP contribution in [0.25, 0.3) is 11.4 Å². The molecule has 0 aliphatic carbocycles. The van der Waals surface area contributed by atoms with Crippen molar-refractivity contribution in [3.63, 3.8) is 0 Å². The quantitative estimate of drug-likeness (QED) is 0.742. The molecule has 0 aliphatic rings. The van der Waals surface area contributed by atoms with Crippen LogP contribution in [0.15, 0.2) is 60.9 Å². The van der Waals surface area contributed by atoms with E-state index in [-0.39, 0.29) is 5.91 Å². The molecular formula is C20H21N5O. The van der Waals surface area contributed by atoms with Crippen LogP contribution in [0.2, 0.25) is 0 Å². The number of pyridine rings is 1. The summed E-state index contributed by atoms with van der Waals surface area (Å²) in [4.78, 5) is 27.8. The number of hydrogen-bond donors (Lipinski definition) is 1. The second kappa shape index (κ2) is 8.20. The first-order valence-corrected chi connectivity index (χ1v) is 8.50. The van der Waals surface area contributed by atoms with Crippen molar-refractivity contribution in [1.82, 2.24) is 20.3 Å². The molecule has 0 aliphatic heterocycles. The maximum absolute atomic E-state index is 12.7. The van der Waals surface area contributed by atoms with Gasteiger partial charge in [0.15, 0.2) is 5.82 Å². The fourth-order valence-electron chi connectivity index (χ4n) is 2.47. The summed E-state index contributed by atoms with van der Waals surface area (Å²) in [6.45, 7) is 3.10. The molecule has 0 spiro atoms. The zero-order valence-electron chi connectivity index (χ0n) is 14.9. The monoisotopic (exact) mass is 347 g/mol. The maximum Gasteiger partial charge on any atom is 0.256 e. The molecule has 1 aromatic carbocycles. The van der Waals surface area contributed by atoms with Gasteiger partial charge in [0.05, 0.1) is 12.2 Å². The van der Waals surface area contributed by atoms with Gasteiger partial charge in [-0.05, 0) is 19.1 Å². The number of nitrogens with zero attached hydrogens (tertiary/aromatic N) is 4. The average Bonchev–Trinajstić information content (AvgIpc) is 2.72. The van der Waals surface area contributed by atoms with Crippen LogP contribution in [0.5, 0.6) is 0 Å². The van der Waals surface area contributed by atoms with Crippen molar-refractivity contribution in [1.29, 1.82) is 0 Å². The number of carbonyl (C=O) groups excluding carboxylic acids is 1. The minimum Gasteiger partial charge on any atom is -0.359 e. The zero-order chi connectivity index (χ0) is 18.4. The molecule has 0 saturated heterocycles. The highest BCUT2D eigenvalue weighted by molar-refractivity contribution is 5.98. The van der Waals surface area contributed by atoms with Gasteiger partial charge < -0.3 is 10.2 Å². The summed E-state index contributed by atoms with van der Waals surface area (Å²) in [5.41, 5.74) is 2.16. The minimum atomic E-state index is -0.217. The molecule has 6 nitrogen and oxygen atoms in total. The van der Waals surface area contributed by atoms with E-state index < -0.39 is 0 Å². The highest BCUT2D eigenvalue weighted by Gasteiger charge is 2.18. The summed E-state index contributed by atoms with van der Waals surface area (Å²) in [5, 5.41) is 2.89. The molecule has 132 valence electrons. The Kier molecular flexibility index (Phi) is 5.53. The normalized spacial score (nSPS) is 10.4. The Morgan fingerprint density at radius 1 is 1.08 bits per heavy atom. The number of benzene rings is 1. The van der Waals surface area contributed by atoms with E-state index in [0.29, 0.717) is 23.8 Å². The lowest BCUT2D eigenvalue weighted by Gasteiger charge is -2.19. The largest absolute Gasteiger partial charge is 0.359 e. The van der Waals surface area contributed by atoms with Gasteiger partial charge in [0.1, 0.15) is 11.4 Å². The van der Waals surface area contributed by atoms with Crippen LogP contribution in [0.3, 0.4) is 0 Å². The van der Waals surface area contributed by atoms with Gasteiger partial charge >= 0.3 is 0 Å². The molecule has 0 radical (unpaired) electrons. The summed E-state index contributed by atoms with van der Waals surface area (Å²) in [6.07, 6.45) is 3.29. The Bertz CT molecular complexity index is 868. The Morgan fingerprint density at radius 3 is 2.54 bits per heavy atom. The van der Waals surface area contributed by atoms with E-state index in [1.54, 1.807) is 12.4 Å². The lowest BCUT2D eigenvalue weighted by atomic mass is 10.2. The lowest BCUT2D eigenvalue weighted by molar-refractivity contribution is 0.0950. The smallest absolute Gasteiger partial charge is 0.256 e. The van der Waals surface area contributed by atoms with Crippen molar-refractivity contribution in [3.8, 4) is 11.4 Å². The molecule has 1 amide bonds. The number of carbonyl (C=O) groups is 1. The van der Waals surface area contributed by atoms with Gasteiger partial charge in [0.25, 0.3) is 5.91 Å². The van der Waals surface area contributed by atoms with Crippen LogP contribution in [0, 0.1) is 0 Å². The second-order valence-corrected chi connectivity index (χ2v) is 5.81. The molecule has 0 fully saturated rings. The van der Waals surface area contributed by atoms with Crippen LogP contribution in [0.4, 0.5) is 5.82 Å². The van der Waals surface area contributed by atoms with E-state index in [4.69, 9.17) is 0 Å². The number of nitrogens with one attached hydrogen (secondary N) is 1. The third-order valence-electron chi connectivity index (χ3n) is 4.04. The fourth-order valence-corrected chi connectivity index (χ4v) is 2.47. The average molecular weight is 347 g/mol. The van der Waals surface area contributed by atoms with Crippen molar-refractivity contribution in [2.75, 3.05) is 18.5 Å². The third kappa shape index (κ3) is 4.03. The van der Waals surface area contributed by atoms with Crippen LogP contribution in [0.1, 0.15) is 23.0 Å². The van der Waals surface area contributed by atoms with Crippen molar-refractivity contribution < 1.29 is 4.79 Å². The second-order valence-electron chi connectivity index (χ2n) is 5.81. The van der Waals surface area contributed by atoms with E-state index in [9.17, 15) is 4.79 Å². The number of hydrogen-bond acceptors (Lipinski definition) is 5. The van der Waals surface area contributed by atoms with Gasteiger partial charge in [-0.15, -0.1) is 0 Å². The standard InChI is InChI=1S/C20H21N5O/c1-3-25(2)19-17(20(26)23-13-16-11-7-8-12-21-16)14-22-18(24-19)15-9-5-4-6-10-15/h4-12,14H,3,13H2,1-2H3,(H,23,26). The summed E-state index contributed by atoms with van der Waals surface area (Å²) in [5.74, 6) is 0.993. The summed E-state index contributed by atoms with van der Waals surface area (Å²) < 4.78 is 0. The Balaban J connectivity index is 1.86. The molecule has 1 N–H and O–H groups in total. The van der Waals surface area contributed by atoms with Crippen LogP contribution in [-0.2, 0) is 6.54 Å². The molecule has 0 atom stereocenters. The van der Waals surface area contributed by atoms with Crippen molar-refractivity contribution in [2.45, 2.75) is 13.5 Å². The van der Waals surface area contributed by atoms with E-state index in [0.717, 1.165) is 17.8 Å². The van der Waals surface area contributed by atoms with E-state index in [2.05, 4.69) is 20.3 Å². The van der Waals surface area contributed by atoms with Crippen molar-refractivity contribution in [3.05, 3.63) is 72.2 Å². The van der Waals surface area contributed by atoms with Crippen LogP contribution < -0.4 is 10.2 Å². The fraction of sp³-hybridized carbons (Fsp3) is 0.200. The van der Waals surface area contributed by atoms with Crippen LogP contribution >= 0.6 is 0 Å². The van der Waals surface area contributed by atoms with Gasteiger partial charge in [-0.25, -0.2) is 9.97 Å². The molecule has 0 saturated carbocycles. The molecule has 0 unspecified atom stereocenters. The highest BCUT2D eigenvalue weighted by Crippen LogP contribution is 2.21. The Hall–Kier alpha value is -3.28. The van der Waals surface area contributed by atoms with Gasteiger partial charge in [0.2, 0.25) is 0 Å². The number of aromatic nitrogens is 3. The molecule has 6 heteroatoms. The topological polar surface area (TPSA) is 71.0 Å². The van der Waals surface area contributed by atoms with Crippen LogP contribution in [-0.4, -0.2) is 34.5 Å². The van der Waals surface area contributed by atoms with E-state index >= 15 is 0 Å². The minimum absolute atomic E-state index is 0.217. The van der Waals surface area contributed by atoms with E-state index in [1.807, 2.05) is 67.4 Å². The van der Waals surface area contributed by atoms with Gasteiger partial charge in [0, 0.05) is 31.5 Å². The first kappa shape index (κ1) is 17.5. The van der Waals surface area contributed by atoms with Crippen molar-refractivity contribution in [2.24, 2.45) is 0 Å².